The number of piperidine rings is 3. The van der Waals surface area contributed by atoms with Crippen LogP contribution in [-0.2, 0) is 6.54 Å². The van der Waals surface area contributed by atoms with Gasteiger partial charge in [0.15, 0.2) is 0 Å². The van der Waals surface area contributed by atoms with E-state index < -0.39 is 0 Å². The van der Waals surface area contributed by atoms with E-state index in [1.807, 2.05) is 6.20 Å². The molecule has 0 saturated carbocycles. The van der Waals surface area contributed by atoms with Crippen molar-refractivity contribution in [2.75, 3.05) is 26.7 Å². The summed E-state index contributed by atoms with van der Waals surface area (Å²) in [6.07, 6.45) is 4.77. The fraction of sp³-hybridized carbons (Fsp3) is 0.562. The van der Waals surface area contributed by atoms with Gasteiger partial charge in [0.05, 0.1) is 4.70 Å². The van der Waals surface area contributed by atoms with Gasteiger partial charge in [-0.2, -0.15) is 4.37 Å². The highest BCUT2D eigenvalue weighted by Crippen LogP contribution is 2.31. The van der Waals surface area contributed by atoms with E-state index in [1.165, 1.54) is 48.1 Å². The average Bonchev–Trinajstić information content (AvgIpc) is 2.96. The summed E-state index contributed by atoms with van der Waals surface area (Å²) in [5.74, 6) is 0.913. The van der Waals surface area contributed by atoms with E-state index >= 15 is 0 Å². The van der Waals surface area contributed by atoms with Crippen molar-refractivity contribution in [3.05, 3.63) is 30.0 Å². The Morgan fingerprint density at radius 1 is 1.35 bits per heavy atom. The van der Waals surface area contributed by atoms with Crippen LogP contribution in [0.3, 0.4) is 0 Å². The smallest absolute Gasteiger partial charge is 0.0550 e. The van der Waals surface area contributed by atoms with Gasteiger partial charge in [-0.1, -0.05) is 6.07 Å². The predicted molar refractivity (Wildman–Crippen MR) is 84.0 cm³/mol. The summed E-state index contributed by atoms with van der Waals surface area (Å²) in [6.45, 7) is 4.97. The molecule has 2 bridgehead atoms. The molecule has 1 aromatic heterocycles. The lowest BCUT2D eigenvalue weighted by molar-refractivity contribution is 0.0135. The zero-order valence-corrected chi connectivity index (χ0v) is 12.8. The maximum absolute atomic E-state index is 4.26. The monoisotopic (exact) mass is 287 g/mol. The van der Waals surface area contributed by atoms with Crippen LogP contribution < -0.4 is 0 Å². The van der Waals surface area contributed by atoms with Gasteiger partial charge >= 0.3 is 0 Å². The van der Waals surface area contributed by atoms with Crippen LogP contribution in [0.15, 0.2) is 24.4 Å². The lowest BCUT2D eigenvalue weighted by Gasteiger charge is -2.48. The summed E-state index contributed by atoms with van der Waals surface area (Å²) in [6, 6.07) is 7.52. The molecule has 20 heavy (non-hydrogen) atoms. The van der Waals surface area contributed by atoms with Gasteiger partial charge in [0, 0.05) is 30.7 Å². The van der Waals surface area contributed by atoms with E-state index in [0.29, 0.717) is 0 Å². The molecule has 0 aliphatic carbocycles. The molecule has 3 fully saturated rings. The second-order valence-electron chi connectivity index (χ2n) is 6.32. The first-order valence-corrected chi connectivity index (χ1v) is 8.33. The van der Waals surface area contributed by atoms with Crippen molar-refractivity contribution < 1.29 is 0 Å². The molecule has 3 aliphatic rings. The van der Waals surface area contributed by atoms with E-state index in [-0.39, 0.29) is 0 Å². The molecular weight excluding hydrogens is 266 g/mol. The standard InChI is InChI=1S/C16H21N3S/c1-18(15-11-19-6-4-13(15)5-7-19)10-12-2-3-16-14(8-12)9-17-20-16/h2-3,8-9,13,15H,4-7,10-11H2,1H3. The fourth-order valence-electron chi connectivity index (χ4n) is 3.86. The van der Waals surface area contributed by atoms with E-state index in [4.69, 9.17) is 0 Å². The molecule has 0 spiro atoms. The maximum Gasteiger partial charge on any atom is 0.0550 e. The van der Waals surface area contributed by atoms with Crippen molar-refractivity contribution >= 4 is 21.6 Å². The number of fused-ring (bicyclic) bond motifs is 4. The van der Waals surface area contributed by atoms with Gasteiger partial charge in [0.2, 0.25) is 0 Å². The van der Waals surface area contributed by atoms with E-state index in [9.17, 15) is 0 Å². The third kappa shape index (κ3) is 2.26. The summed E-state index contributed by atoms with van der Waals surface area (Å²) in [4.78, 5) is 5.20. The van der Waals surface area contributed by atoms with Gasteiger partial charge < -0.3 is 4.90 Å². The molecule has 1 atom stereocenters. The normalized spacial score (nSPS) is 29.4. The zero-order chi connectivity index (χ0) is 13.5. The minimum Gasteiger partial charge on any atom is -0.302 e. The number of rotatable bonds is 3. The second-order valence-corrected chi connectivity index (χ2v) is 7.15. The van der Waals surface area contributed by atoms with Gasteiger partial charge in [-0.3, -0.25) is 4.90 Å². The highest BCUT2D eigenvalue weighted by Gasteiger charge is 2.36. The van der Waals surface area contributed by atoms with Crippen molar-refractivity contribution in [1.82, 2.24) is 14.2 Å². The Labute approximate surface area is 124 Å². The van der Waals surface area contributed by atoms with Crippen LogP contribution in [0.25, 0.3) is 10.1 Å². The van der Waals surface area contributed by atoms with Gasteiger partial charge in [-0.05, 0) is 68.1 Å². The van der Waals surface area contributed by atoms with Gasteiger partial charge in [0.25, 0.3) is 0 Å². The molecule has 2 aromatic rings. The predicted octanol–water partition coefficient (Wildman–Crippen LogP) is 2.82. The topological polar surface area (TPSA) is 19.4 Å². The summed E-state index contributed by atoms with van der Waals surface area (Å²) >= 11 is 1.58. The SMILES string of the molecule is CN(Cc1ccc2sncc2c1)C1CN2CCC1CC2. The van der Waals surface area contributed by atoms with Crippen molar-refractivity contribution in [3.63, 3.8) is 0 Å². The molecule has 3 saturated heterocycles. The third-order valence-electron chi connectivity index (χ3n) is 5.04. The Hall–Kier alpha value is -0.970. The lowest BCUT2D eigenvalue weighted by Crippen LogP contribution is -2.56. The van der Waals surface area contributed by atoms with E-state index in [0.717, 1.165) is 18.5 Å². The molecule has 0 amide bonds. The average molecular weight is 287 g/mol. The molecule has 0 N–H and O–H groups in total. The number of likely N-dealkylation sites (N-methyl/N-ethyl adjacent to an activating group) is 1. The minimum absolute atomic E-state index is 0.744. The Bertz CT molecular complexity index is 601. The number of benzene rings is 1. The van der Waals surface area contributed by atoms with Crippen LogP contribution in [0.1, 0.15) is 18.4 Å². The Kier molecular flexibility index (Phi) is 3.25. The summed E-state index contributed by atoms with van der Waals surface area (Å²) in [5.41, 5.74) is 1.41. The Morgan fingerprint density at radius 3 is 2.95 bits per heavy atom. The number of nitrogens with zero attached hydrogens (tertiary/aromatic N) is 3. The summed E-state index contributed by atoms with van der Waals surface area (Å²) in [5, 5.41) is 1.29. The van der Waals surface area contributed by atoms with Crippen LogP contribution >= 0.6 is 11.5 Å². The second kappa shape index (κ2) is 5.10. The molecule has 1 aromatic carbocycles. The molecule has 5 rings (SSSR count). The quantitative estimate of drug-likeness (QED) is 0.865. The van der Waals surface area contributed by atoms with Crippen molar-refractivity contribution in [3.8, 4) is 0 Å². The highest BCUT2D eigenvalue weighted by atomic mass is 32.1. The lowest BCUT2D eigenvalue weighted by atomic mass is 9.83. The first-order chi connectivity index (χ1) is 9.79. The van der Waals surface area contributed by atoms with Crippen molar-refractivity contribution in [2.24, 2.45) is 5.92 Å². The molecule has 0 radical (unpaired) electrons. The first kappa shape index (κ1) is 12.7. The van der Waals surface area contributed by atoms with Crippen LogP contribution in [0.5, 0.6) is 0 Å². The van der Waals surface area contributed by atoms with E-state index in [1.54, 1.807) is 11.5 Å². The highest BCUT2D eigenvalue weighted by molar-refractivity contribution is 7.13. The molecular formula is C16H21N3S. The Balaban J connectivity index is 1.50. The van der Waals surface area contributed by atoms with Crippen LogP contribution in [0.4, 0.5) is 0 Å². The van der Waals surface area contributed by atoms with Crippen molar-refractivity contribution in [1.29, 1.82) is 0 Å². The third-order valence-corrected chi connectivity index (χ3v) is 5.82. The molecule has 3 nitrogen and oxygen atoms in total. The zero-order valence-electron chi connectivity index (χ0n) is 12.0. The van der Waals surface area contributed by atoms with Crippen molar-refractivity contribution in [2.45, 2.75) is 25.4 Å². The molecule has 1 unspecified atom stereocenters. The van der Waals surface area contributed by atoms with Crippen LogP contribution in [0.2, 0.25) is 0 Å². The largest absolute Gasteiger partial charge is 0.302 e. The maximum atomic E-state index is 4.26. The van der Waals surface area contributed by atoms with Gasteiger partial charge in [-0.25, -0.2) is 0 Å². The fourth-order valence-corrected chi connectivity index (χ4v) is 4.48. The summed E-state index contributed by atoms with van der Waals surface area (Å²) < 4.78 is 5.55. The summed E-state index contributed by atoms with van der Waals surface area (Å²) in [7, 11) is 2.29. The molecule has 4 heterocycles. The number of hydrogen-bond acceptors (Lipinski definition) is 4. The Morgan fingerprint density at radius 2 is 2.20 bits per heavy atom. The molecule has 4 heteroatoms. The van der Waals surface area contributed by atoms with Crippen LogP contribution in [-0.4, -0.2) is 46.9 Å². The molecule has 106 valence electrons. The minimum atomic E-state index is 0.744. The van der Waals surface area contributed by atoms with Gasteiger partial charge in [0.1, 0.15) is 0 Å². The van der Waals surface area contributed by atoms with Gasteiger partial charge in [-0.15, -0.1) is 0 Å². The van der Waals surface area contributed by atoms with Crippen LogP contribution in [0, 0.1) is 5.92 Å². The number of hydrogen-bond donors (Lipinski definition) is 0. The number of aromatic nitrogens is 1. The van der Waals surface area contributed by atoms with E-state index in [2.05, 4.69) is 39.4 Å². The first-order valence-electron chi connectivity index (χ1n) is 7.55. The molecule has 3 aliphatic heterocycles.